The predicted octanol–water partition coefficient (Wildman–Crippen LogP) is 3.42. The molecule has 0 saturated heterocycles. The largest absolute Gasteiger partial charge is 0.0991 e. The second-order valence-electron chi connectivity index (χ2n) is 2.05. The minimum absolute atomic E-state index is 0.975. The van der Waals surface area contributed by atoms with Gasteiger partial charge in [0, 0.05) is 0 Å². The molecule has 58 valence electrons. The molecule has 0 unspecified atom stereocenters. The lowest BCUT2D eigenvalue weighted by Crippen LogP contribution is -1.63. The van der Waals surface area contributed by atoms with Crippen LogP contribution in [0.1, 0.15) is 6.92 Å². The van der Waals surface area contributed by atoms with Crippen LogP contribution in [0.4, 0.5) is 0 Å². The fourth-order valence-electron chi connectivity index (χ4n) is 0.537. The van der Waals surface area contributed by atoms with Crippen molar-refractivity contribution in [2.75, 3.05) is 0 Å². The van der Waals surface area contributed by atoms with E-state index in [9.17, 15) is 0 Å². The Kier molecular flexibility index (Phi) is 6.01. The van der Waals surface area contributed by atoms with E-state index in [0.29, 0.717) is 0 Å². The van der Waals surface area contributed by atoms with Gasteiger partial charge >= 0.3 is 0 Å². The molecule has 0 aliphatic heterocycles. The van der Waals surface area contributed by atoms with E-state index >= 15 is 0 Å². The molecule has 0 aliphatic rings. The van der Waals surface area contributed by atoms with Crippen molar-refractivity contribution in [3.63, 3.8) is 0 Å². The van der Waals surface area contributed by atoms with Gasteiger partial charge in [0.05, 0.1) is 0 Å². The lowest BCUT2D eigenvalue weighted by atomic mass is 10.2. The van der Waals surface area contributed by atoms with Gasteiger partial charge in [-0.05, 0) is 12.5 Å². The standard InChI is InChI=1S/C11H14/c1-4-6-8-10-11(3)9-7-5-2/h4-10H,2-3H2,1H3/b6-4-,9-7+,10-8-. The molecule has 0 radical (unpaired) electrons. The van der Waals surface area contributed by atoms with E-state index in [1.807, 2.05) is 43.4 Å². The third-order valence-electron chi connectivity index (χ3n) is 1.06. The average molecular weight is 146 g/mol. The fourth-order valence-corrected chi connectivity index (χ4v) is 0.537. The van der Waals surface area contributed by atoms with Crippen molar-refractivity contribution in [3.05, 3.63) is 61.3 Å². The van der Waals surface area contributed by atoms with Crippen molar-refractivity contribution in [1.82, 2.24) is 0 Å². The summed E-state index contributed by atoms with van der Waals surface area (Å²) >= 11 is 0. The van der Waals surface area contributed by atoms with Crippen molar-refractivity contribution < 1.29 is 0 Å². The highest BCUT2D eigenvalue weighted by atomic mass is 13.8. The Morgan fingerprint density at radius 3 is 2.27 bits per heavy atom. The number of allylic oxidation sites excluding steroid dienone is 8. The van der Waals surface area contributed by atoms with Crippen LogP contribution < -0.4 is 0 Å². The zero-order chi connectivity index (χ0) is 8.53. The molecule has 0 nitrogen and oxygen atoms in total. The molecule has 0 aromatic carbocycles. The summed E-state index contributed by atoms with van der Waals surface area (Å²) in [5, 5.41) is 0. The normalized spacial score (nSPS) is 11.7. The maximum Gasteiger partial charge on any atom is -0.0329 e. The van der Waals surface area contributed by atoms with E-state index in [0.717, 1.165) is 5.57 Å². The Bertz CT molecular complexity index is 202. The van der Waals surface area contributed by atoms with Crippen LogP contribution >= 0.6 is 0 Å². The van der Waals surface area contributed by atoms with E-state index in [-0.39, 0.29) is 0 Å². The Morgan fingerprint density at radius 2 is 1.73 bits per heavy atom. The van der Waals surface area contributed by atoms with Gasteiger partial charge in [-0.1, -0.05) is 55.7 Å². The molecule has 0 heteroatoms. The van der Waals surface area contributed by atoms with Gasteiger partial charge in [-0.3, -0.25) is 0 Å². The molecule has 0 aromatic heterocycles. The van der Waals surface area contributed by atoms with Crippen LogP contribution in [0.3, 0.4) is 0 Å². The van der Waals surface area contributed by atoms with Crippen LogP contribution in [0.15, 0.2) is 61.3 Å². The van der Waals surface area contributed by atoms with E-state index in [2.05, 4.69) is 13.2 Å². The van der Waals surface area contributed by atoms with Crippen LogP contribution in [0, 0.1) is 0 Å². The molecule has 0 aromatic rings. The Balaban J connectivity index is 3.86. The van der Waals surface area contributed by atoms with Gasteiger partial charge in [0.1, 0.15) is 0 Å². The zero-order valence-electron chi connectivity index (χ0n) is 6.96. The summed E-state index contributed by atoms with van der Waals surface area (Å²) in [5.74, 6) is 0. The lowest BCUT2D eigenvalue weighted by Gasteiger charge is -1.84. The van der Waals surface area contributed by atoms with Crippen LogP contribution in [-0.4, -0.2) is 0 Å². The van der Waals surface area contributed by atoms with Gasteiger partial charge in [-0.2, -0.15) is 0 Å². The van der Waals surface area contributed by atoms with Crippen LogP contribution in [0.5, 0.6) is 0 Å². The SMILES string of the molecule is C=C/C=C/C(=C)/C=C\C=C/C. The number of hydrogen-bond acceptors (Lipinski definition) is 0. The van der Waals surface area contributed by atoms with Crippen molar-refractivity contribution in [3.8, 4) is 0 Å². The van der Waals surface area contributed by atoms with Gasteiger partial charge in [0.2, 0.25) is 0 Å². The molecular formula is C11H14. The van der Waals surface area contributed by atoms with Gasteiger partial charge in [-0.25, -0.2) is 0 Å². The molecule has 0 saturated carbocycles. The number of rotatable bonds is 4. The first-order chi connectivity index (χ1) is 5.31. The molecule has 0 fully saturated rings. The van der Waals surface area contributed by atoms with Crippen molar-refractivity contribution in [2.45, 2.75) is 6.92 Å². The molecule has 11 heavy (non-hydrogen) atoms. The van der Waals surface area contributed by atoms with Gasteiger partial charge < -0.3 is 0 Å². The third-order valence-corrected chi connectivity index (χ3v) is 1.06. The summed E-state index contributed by atoms with van der Waals surface area (Å²) in [4.78, 5) is 0. The molecule has 0 N–H and O–H groups in total. The van der Waals surface area contributed by atoms with Gasteiger partial charge in [-0.15, -0.1) is 0 Å². The highest BCUT2D eigenvalue weighted by Gasteiger charge is 1.74. The van der Waals surface area contributed by atoms with E-state index in [1.54, 1.807) is 6.08 Å². The second-order valence-corrected chi connectivity index (χ2v) is 2.05. The van der Waals surface area contributed by atoms with E-state index in [1.165, 1.54) is 0 Å². The summed E-state index contributed by atoms with van der Waals surface area (Å²) in [6, 6.07) is 0. The topological polar surface area (TPSA) is 0 Å². The molecule has 0 amide bonds. The Morgan fingerprint density at radius 1 is 1.09 bits per heavy atom. The first-order valence-electron chi connectivity index (χ1n) is 3.58. The second kappa shape index (κ2) is 6.81. The van der Waals surface area contributed by atoms with Crippen molar-refractivity contribution in [2.24, 2.45) is 0 Å². The van der Waals surface area contributed by atoms with Crippen LogP contribution in [0.2, 0.25) is 0 Å². The summed E-state index contributed by atoms with van der Waals surface area (Å²) in [6.45, 7) is 9.35. The maximum absolute atomic E-state index is 3.81. The summed E-state index contributed by atoms with van der Waals surface area (Å²) in [7, 11) is 0. The Labute approximate surface area is 68.9 Å². The molecule has 0 aliphatic carbocycles. The highest BCUT2D eigenvalue weighted by molar-refractivity contribution is 5.30. The first-order valence-corrected chi connectivity index (χ1v) is 3.58. The Hall–Kier alpha value is -1.30. The smallest absolute Gasteiger partial charge is 0.0329 e. The minimum atomic E-state index is 0.975. The minimum Gasteiger partial charge on any atom is -0.0991 e. The van der Waals surface area contributed by atoms with Gasteiger partial charge in [0.25, 0.3) is 0 Å². The summed E-state index contributed by atoms with van der Waals surface area (Å²) in [6.07, 6.45) is 13.3. The molecule has 0 bridgehead atoms. The molecule has 0 heterocycles. The quantitative estimate of drug-likeness (QED) is 0.533. The van der Waals surface area contributed by atoms with E-state index in [4.69, 9.17) is 0 Å². The van der Waals surface area contributed by atoms with Gasteiger partial charge in [0.15, 0.2) is 0 Å². The summed E-state index contributed by atoms with van der Waals surface area (Å²) in [5.41, 5.74) is 0.975. The molecular weight excluding hydrogens is 132 g/mol. The maximum atomic E-state index is 3.81. The predicted molar refractivity (Wildman–Crippen MR) is 52.4 cm³/mol. The summed E-state index contributed by atoms with van der Waals surface area (Å²) < 4.78 is 0. The zero-order valence-corrected chi connectivity index (χ0v) is 6.96. The molecule has 0 rings (SSSR count). The number of hydrogen-bond donors (Lipinski definition) is 0. The molecule has 0 spiro atoms. The average Bonchev–Trinajstić information content (AvgIpc) is 2.01. The van der Waals surface area contributed by atoms with E-state index < -0.39 is 0 Å². The lowest BCUT2D eigenvalue weighted by molar-refractivity contribution is 1.69. The molecule has 0 atom stereocenters. The monoisotopic (exact) mass is 146 g/mol. The van der Waals surface area contributed by atoms with Crippen LogP contribution in [0.25, 0.3) is 0 Å². The van der Waals surface area contributed by atoms with Crippen molar-refractivity contribution in [1.29, 1.82) is 0 Å². The van der Waals surface area contributed by atoms with Crippen molar-refractivity contribution >= 4 is 0 Å². The first kappa shape index (κ1) is 9.70. The fraction of sp³-hybridized carbons (Fsp3) is 0.0909. The third kappa shape index (κ3) is 6.59. The highest BCUT2D eigenvalue weighted by Crippen LogP contribution is 1.95. The van der Waals surface area contributed by atoms with Crippen LogP contribution in [-0.2, 0) is 0 Å².